The molecule has 32 heavy (non-hydrogen) atoms. The molecule has 0 fully saturated rings. The number of alkyl halides is 3. The summed E-state index contributed by atoms with van der Waals surface area (Å²) < 4.78 is 43.8. The van der Waals surface area contributed by atoms with Crippen LogP contribution in [-0.2, 0) is 11.0 Å². The summed E-state index contributed by atoms with van der Waals surface area (Å²) in [6.07, 6.45) is -4.45. The van der Waals surface area contributed by atoms with Crippen molar-refractivity contribution in [2.24, 2.45) is 5.92 Å². The maximum absolute atomic E-state index is 12.8. The van der Waals surface area contributed by atoms with E-state index in [0.717, 1.165) is 12.1 Å². The Morgan fingerprint density at radius 2 is 1.81 bits per heavy atom. The lowest BCUT2D eigenvalue weighted by Gasteiger charge is -2.21. The van der Waals surface area contributed by atoms with Gasteiger partial charge in [-0.15, -0.1) is 0 Å². The Morgan fingerprint density at radius 3 is 2.47 bits per heavy atom. The molecule has 0 aliphatic rings. The van der Waals surface area contributed by atoms with Gasteiger partial charge in [0.15, 0.2) is 0 Å². The molecule has 0 spiro atoms. The molecular weight excluding hydrogens is 421 g/mol. The summed E-state index contributed by atoms with van der Waals surface area (Å²) in [7, 11) is 0. The van der Waals surface area contributed by atoms with Crippen LogP contribution in [0.2, 0.25) is 0 Å². The molecule has 170 valence electrons. The maximum atomic E-state index is 12.8. The largest absolute Gasteiger partial charge is 0.493 e. The third-order valence-corrected chi connectivity index (χ3v) is 4.44. The van der Waals surface area contributed by atoms with Crippen molar-refractivity contribution >= 4 is 11.8 Å². The summed E-state index contributed by atoms with van der Waals surface area (Å²) >= 11 is 0. The fourth-order valence-electron chi connectivity index (χ4n) is 2.85. The fraction of sp³-hybridized carbons (Fsp3) is 0.333. The first-order valence-corrected chi connectivity index (χ1v) is 10.1. The van der Waals surface area contributed by atoms with Crippen LogP contribution in [0.15, 0.2) is 48.5 Å². The highest BCUT2D eigenvalue weighted by atomic mass is 19.4. The molecule has 8 heteroatoms. The van der Waals surface area contributed by atoms with E-state index in [1.807, 2.05) is 0 Å². The maximum Gasteiger partial charge on any atom is 0.416 e. The third kappa shape index (κ3) is 7.05. The molecule has 1 atom stereocenters. The molecule has 2 rings (SSSR count). The summed E-state index contributed by atoms with van der Waals surface area (Å²) in [5.74, 6) is 4.55. The number of hydrogen-bond acceptors (Lipinski definition) is 3. The summed E-state index contributed by atoms with van der Waals surface area (Å²) in [6, 6.07) is 10.5. The summed E-state index contributed by atoms with van der Waals surface area (Å²) in [6.45, 7) is 5.69. The number of halogens is 3. The Morgan fingerprint density at radius 1 is 1.09 bits per heavy atom. The molecule has 0 bridgehead atoms. The van der Waals surface area contributed by atoms with Crippen LogP contribution in [0.3, 0.4) is 0 Å². The minimum atomic E-state index is -4.45. The quantitative estimate of drug-likeness (QED) is 0.632. The van der Waals surface area contributed by atoms with E-state index in [9.17, 15) is 22.8 Å². The van der Waals surface area contributed by atoms with Gasteiger partial charge in [0.05, 0.1) is 24.3 Å². The van der Waals surface area contributed by atoms with Crippen molar-refractivity contribution in [1.29, 1.82) is 0 Å². The van der Waals surface area contributed by atoms with Crippen molar-refractivity contribution in [2.75, 3.05) is 13.2 Å². The first kappa shape index (κ1) is 24.8. The van der Waals surface area contributed by atoms with Gasteiger partial charge in [0, 0.05) is 5.56 Å². The van der Waals surface area contributed by atoms with E-state index in [0.29, 0.717) is 17.9 Å². The van der Waals surface area contributed by atoms with Crippen molar-refractivity contribution in [3.05, 3.63) is 65.2 Å². The van der Waals surface area contributed by atoms with Crippen molar-refractivity contribution in [3.8, 4) is 17.6 Å². The number of hydrogen-bond donors (Lipinski definition) is 2. The number of carbonyl (C=O) groups excluding carboxylic acids is 2. The average molecular weight is 446 g/mol. The zero-order valence-electron chi connectivity index (χ0n) is 18.0. The highest BCUT2D eigenvalue weighted by molar-refractivity contribution is 5.99. The van der Waals surface area contributed by atoms with Gasteiger partial charge in [0.25, 0.3) is 5.91 Å². The fourth-order valence-corrected chi connectivity index (χ4v) is 2.85. The molecule has 0 heterocycles. The van der Waals surface area contributed by atoms with E-state index in [1.165, 1.54) is 12.1 Å². The zero-order valence-corrected chi connectivity index (χ0v) is 18.0. The molecule has 0 aliphatic heterocycles. The number of carbonyl (C=O) groups is 2. The molecule has 0 radical (unpaired) electrons. The Bertz CT molecular complexity index is 1010. The van der Waals surface area contributed by atoms with Gasteiger partial charge in [0.2, 0.25) is 5.91 Å². The topological polar surface area (TPSA) is 67.4 Å². The molecule has 2 amide bonds. The second kappa shape index (κ2) is 11.2. The first-order chi connectivity index (χ1) is 15.1. The molecule has 0 saturated carbocycles. The lowest BCUT2D eigenvalue weighted by atomic mass is 10.0. The van der Waals surface area contributed by atoms with Crippen LogP contribution in [0, 0.1) is 17.8 Å². The van der Waals surface area contributed by atoms with Crippen LogP contribution in [0.4, 0.5) is 13.2 Å². The Labute approximate surface area is 185 Å². The number of ether oxygens (including phenoxy) is 1. The number of amides is 2. The van der Waals surface area contributed by atoms with E-state index in [4.69, 9.17) is 4.74 Å². The standard InChI is InChI=1S/C24H25F3N2O3/c1-4-32-20-13-6-5-12-19(20)22(30)29-21(16(2)3)23(31)28-14-8-10-17-9-7-11-18(15-17)24(25,26)27/h5-7,9,11-13,15-16,21H,4,14H2,1-3H3,(H,28,31)(H,29,30). The van der Waals surface area contributed by atoms with Crippen molar-refractivity contribution in [2.45, 2.75) is 33.0 Å². The first-order valence-electron chi connectivity index (χ1n) is 10.1. The zero-order chi connectivity index (χ0) is 23.7. The Hall–Kier alpha value is -3.47. The smallest absolute Gasteiger partial charge is 0.416 e. The van der Waals surface area contributed by atoms with Crippen molar-refractivity contribution in [3.63, 3.8) is 0 Å². The van der Waals surface area contributed by atoms with Gasteiger partial charge < -0.3 is 15.4 Å². The van der Waals surface area contributed by atoms with Crippen LogP contribution in [0.25, 0.3) is 0 Å². The second-order valence-electron chi connectivity index (χ2n) is 7.22. The lowest BCUT2D eigenvalue weighted by molar-refractivity contribution is -0.137. The molecule has 1 unspecified atom stereocenters. The number of rotatable bonds is 7. The van der Waals surface area contributed by atoms with E-state index < -0.39 is 29.6 Å². The monoisotopic (exact) mass is 446 g/mol. The van der Waals surface area contributed by atoms with Gasteiger partial charge in [-0.3, -0.25) is 9.59 Å². The van der Waals surface area contributed by atoms with Crippen molar-refractivity contribution in [1.82, 2.24) is 10.6 Å². The average Bonchev–Trinajstić information content (AvgIpc) is 2.74. The van der Waals surface area contributed by atoms with Gasteiger partial charge >= 0.3 is 6.18 Å². The predicted octanol–water partition coefficient (Wildman–Crippen LogP) is 4.03. The molecule has 0 aliphatic carbocycles. The van der Waals surface area contributed by atoms with E-state index >= 15 is 0 Å². The summed E-state index contributed by atoms with van der Waals surface area (Å²) in [5.41, 5.74) is -0.282. The molecule has 2 aromatic carbocycles. The second-order valence-corrected chi connectivity index (χ2v) is 7.22. The highest BCUT2D eigenvalue weighted by Gasteiger charge is 2.30. The van der Waals surface area contributed by atoms with Gasteiger partial charge in [-0.2, -0.15) is 13.2 Å². The molecule has 5 nitrogen and oxygen atoms in total. The van der Waals surface area contributed by atoms with Gasteiger partial charge in [-0.1, -0.05) is 43.9 Å². The predicted molar refractivity (Wildman–Crippen MR) is 115 cm³/mol. The van der Waals surface area contributed by atoms with Crippen molar-refractivity contribution < 1.29 is 27.5 Å². The van der Waals surface area contributed by atoms with E-state index in [1.54, 1.807) is 45.0 Å². The van der Waals surface area contributed by atoms with Crippen LogP contribution >= 0.6 is 0 Å². The molecule has 0 aromatic heterocycles. The molecular formula is C24H25F3N2O3. The molecule has 2 N–H and O–H groups in total. The van der Waals surface area contributed by atoms with Gasteiger partial charge in [-0.25, -0.2) is 0 Å². The summed E-state index contributed by atoms with van der Waals surface area (Å²) in [5, 5.41) is 5.30. The molecule has 2 aromatic rings. The third-order valence-electron chi connectivity index (χ3n) is 4.44. The summed E-state index contributed by atoms with van der Waals surface area (Å²) in [4.78, 5) is 25.3. The van der Waals surface area contributed by atoms with E-state index in [-0.39, 0.29) is 18.0 Å². The minimum absolute atomic E-state index is 0.0797. The minimum Gasteiger partial charge on any atom is -0.493 e. The Balaban J connectivity index is 2.02. The van der Waals surface area contributed by atoms with Gasteiger partial charge in [-0.05, 0) is 43.2 Å². The van der Waals surface area contributed by atoms with Crippen LogP contribution in [0.1, 0.15) is 42.3 Å². The lowest BCUT2D eigenvalue weighted by Crippen LogP contribution is -2.49. The Kier molecular flexibility index (Phi) is 8.71. The number of nitrogens with one attached hydrogen (secondary N) is 2. The number of para-hydroxylation sites is 1. The van der Waals surface area contributed by atoms with Crippen LogP contribution < -0.4 is 15.4 Å². The SMILES string of the molecule is CCOc1ccccc1C(=O)NC(C(=O)NCC#Cc1cccc(C(F)(F)F)c1)C(C)C. The highest BCUT2D eigenvalue weighted by Crippen LogP contribution is 2.29. The van der Waals surface area contributed by atoms with Crippen LogP contribution in [0.5, 0.6) is 5.75 Å². The van der Waals surface area contributed by atoms with Crippen LogP contribution in [-0.4, -0.2) is 31.0 Å². The molecule has 0 saturated heterocycles. The number of benzene rings is 2. The normalized spacial score (nSPS) is 11.8. The van der Waals surface area contributed by atoms with Gasteiger partial charge in [0.1, 0.15) is 11.8 Å². The van der Waals surface area contributed by atoms with E-state index in [2.05, 4.69) is 22.5 Å².